The molecule has 4 aliphatic rings. The fraction of sp³-hybridized carbons (Fsp3) is 0.622. The molecule has 1 aromatic carbocycles. The Labute approximate surface area is 314 Å². The molecule has 2 aliphatic heterocycles. The topological polar surface area (TPSA) is 225 Å². The Bertz CT molecular complexity index is 1930. The minimum Gasteiger partial charge on any atom is -0.384 e. The Morgan fingerprint density at radius 3 is 2.35 bits per heavy atom. The molecule has 0 bridgehead atoms. The Hall–Kier alpha value is -4.35. The van der Waals surface area contributed by atoms with E-state index in [0.717, 1.165) is 32.1 Å². The van der Waals surface area contributed by atoms with E-state index in [4.69, 9.17) is 10.5 Å². The summed E-state index contributed by atoms with van der Waals surface area (Å²) in [6.45, 7) is 4.64. The number of hydrogen-bond acceptors (Lipinski definition) is 11. The third kappa shape index (κ3) is 8.03. The van der Waals surface area contributed by atoms with E-state index in [2.05, 4.69) is 15.3 Å². The van der Waals surface area contributed by atoms with Gasteiger partial charge in [0.1, 0.15) is 22.9 Å². The lowest BCUT2D eigenvalue weighted by molar-refractivity contribution is -0.153. The smallest absolute Gasteiger partial charge is 0.287 e. The first-order chi connectivity index (χ1) is 25.5. The van der Waals surface area contributed by atoms with Crippen LogP contribution in [-0.4, -0.2) is 117 Å². The number of amides is 4. The molecule has 3 N–H and O–H groups in total. The molecule has 2 aliphatic carbocycles. The predicted octanol–water partition coefficient (Wildman–Crippen LogP) is 1.90. The first-order valence-corrected chi connectivity index (χ1v) is 20.2. The van der Waals surface area contributed by atoms with Gasteiger partial charge in [-0.05, 0) is 70.2 Å². The van der Waals surface area contributed by atoms with Crippen molar-refractivity contribution >= 4 is 45.0 Å². The van der Waals surface area contributed by atoms with E-state index in [1.54, 1.807) is 13.8 Å². The molecule has 1 unspecified atom stereocenters. The summed E-state index contributed by atoms with van der Waals surface area (Å²) in [5.74, 6) is -4.10. The van der Waals surface area contributed by atoms with Crippen molar-refractivity contribution in [3.63, 3.8) is 0 Å². The Morgan fingerprint density at radius 2 is 1.72 bits per heavy atom. The van der Waals surface area contributed by atoms with Gasteiger partial charge in [0.15, 0.2) is 9.84 Å². The van der Waals surface area contributed by atoms with Crippen molar-refractivity contribution in [3.05, 3.63) is 41.7 Å². The predicted molar refractivity (Wildman–Crippen MR) is 194 cm³/mol. The number of likely N-dealkylation sites (tertiary alicyclic amines) is 1. The molecule has 2 aromatic rings. The second-order valence-electron chi connectivity index (χ2n) is 15.6. The number of Topliss-reactive ketones (excluding diaryl/α,β-unsaturated/α-hetero) is 1. The fourth-order valence-electron chi connectivity index (χ4n) is 7.90. The second kappa shape index (κ2) is 15.4. The molecular formula is C37H49N7O9S. The number of sulfone groups is 1. The molecule has 17 heteroatoms. The molecule has 1 aromatic heterocycles. The van der Waals surface area contributed by atoms with Crippen LogP contribution < -0.4 is 5.73 Å². The van der Waals surface area contributed by atoms with E-state index in [1.165, 1.54) is 51.9 Å². The third-order valence-electron chi connectivity index (χ3n) is 11.2. The fourth-order valence-corrected chi connectivity index (χ4v) is 9.56. The van der Waals surface area contributed by atoms with Crippen molar-refractivity contribution in [2.45, 2.75) is 118 Å². The van der Waals surface area contributed by atoms with Crippen molar-refractivity contribution in [1.82, 2.24) is 24.8 Å². The van der Waals surface area contributed by atoms with Gasteiger partial charge in [-0.25, -0.2) is 18.1 Å². The van der Waals surface area contributed by atoms with Crippen LogP contribution in [0.2, 0.25) is 0 Å². The number of nitrogens with zero attached hydrogens (tertiary/aromatic N) is 6. The molecule has 3 atom stereocenters. The molecule has 0 radical (unpaired) electrons. The first-order valence-electron chi connectivity index (χ1n) is 18.7. The first kappa shape index (κ1) is 39.3. The normalized spacial score (nSPS) is 24.6. The van der Waals surface area contributed by atoms with Crippen molar-refractivity contribution in [3.8, 4) is 0 Å². The van der Waals surface area contributed by atoms with Gasteiger partial charge in [0.25, 0.3) is 17.7 Å². The van der Waals surface area contributed by atoms with Gasteiger partial charge < -0.3 is 25.4 Å². The van der Waals surface area contributed by atoms with E-state index < -0.39 is 67.7 Å². The molecule has 292 valence electrons. The maximum Gasteiger partial charge on any atom is 0.287 e. The van der Waals surface area contributed by atoms with Gasteiger partial charge >= 0.3 is 0 Å². The number of primary amides is 1. The highest BCUT2D eigenvalue weighted by atomic mass is 32.2. The number of hydrogen-bond donors (Lipinski definition) is 2. The summed E-state index contributed by atoms with van der Waals surface area (Å²) in [6, 6.07) is 3.70. The summed E-state index contributed by atoms with van der Waals surface area (Å²) in [7, 11) is -3.48. The summed E-state index contributed by atoms with van der Waals surface area (Å²) < 4.78 is 32.6. The number of benzene rings is 1. The van der Waals surface area contributed by atoms with Gasteiger partial charge in [0.2, 0.25) is 11.7 Å². The van der Waals surface area contributed by atoms with Crippen LogP contribution in [0.25, 0.3) is 0 Å². The number of nitrogens with two attached hydrogens (primary N) is 1. The van der Waals surface area contributed by atoms with Crippen molar-refractivity contribution in [1.29, 1.82) is 0 Å². The van der Waals surface area contributed by atoms with Gasteiger partial charge in [-0.1, -0.05) is 37.3 Å². The maximum atomic E-state index is 14.9. The van der Waals surface area contributed by atoms with Gasteiger partial charge in [0.05, 0.1) is 34.7 Å². The third-order valence-corrected chi connectivity index (χ3v) is 13.5. The lowest BCUT2D eigenvalue weighted by atomic mass is 9.85. The number of aliphatic hydroxyl groups is 1. The van der Waals surface area contributed by atoms with Gasteiger partial charge in [-0.2, -0.15) is 0 Å². The van der Waals surface area contributed by atoms with Crippen LogP contribution in [0.15, 0.2) is 40.4 Å². The van der Waals surface area contributed by atoms with Crippen LogP contribution in [0.3, 0.4) is 0 Å². The summed E-state index contributed by atoms with van der Waals surface area (Å²) in [5.41, 5.74) is 2.85. The zero-order chi connectivity index (χ0) is 39.0. The van der Waals surface area contributed by atoms with Crippen LogP contribution in [0.1, 0.15) is 107 Å². The maximum absolute atomic E-state index is 14.9. The quantitative estimate of drug-likeness (QED) is 0.248. The average molecular weight is 768 g/mol. The van der Waals surface area contributed by atoms with Crippen molar-refractivity contribution < 1.29 is 42.2 Å². The summed E-state index contributed by atoms with van der Waals surface area (Å²) >= 11 is 0. The molecule has 0 spiro atoms. The molecule has 54 heavy (non-hydrogen) atoms. The van der Waals surface area contributed by atoms with Crippen molar-refractivity contribution in [2.24, 2.45) is 16.6 Å². The van der Waals surface area contributed by atoms with E-state index in [0.29, 0.717) is 18.5 Å². The molecular weight excluding hydrogens is 719 g/mol. The molecule has 6 rings (SSSR count). The molecule has 2 saturated heterocycles. The van der Waals surface area contributed by atoms with E-state index in [1.807, 2.05) is 0 Å². The Balaban J connectivity index is 1.38. The molecule has 2 saturated carbocycles. The minimum absolute atomic E-state index is 0.000170. The van der Waals surface area contributed by atoms with Crippen LogP contribution in [-0.2, 0) is 39.4 Å². The molecule has 16 nitrogen and oxygen atoms in total. The number of carbonyl (C=O) groups is 5. The highest BCUT2D eigenvalue weighted by molar-refractivity contribution is 7.92. The van der Waals surface area contributed by atoms with Crippen LogP contribution in [0.5, 0.6) is 0 Å². The number of aromatic nitrogens is 3. The zero-order valence-corrected chi connectivity index (χ0v) is 31.8. The Morgan fingerprint density at radius 1 is 1.04 bits per heavy atom. The second-order valence-corrected chi connectivity index (χ2v) is 17.9. The number of rotatable bonds is 11. The van der Waals surface area contributed by atoms with Gasteiger partial charge in [0, 0.05) is 38.1 Å². The lowest BCUT2D eigenvalue weighted by Crippen LogP contribution is -2.62. The van der Waals surface area contributed by atoms with E-state index >= 15 is 0 Å². The summed E-state index contributed by atoms with van der Waals surface area (Å²) in [4.78, 5) is 75.9. The number of aliphatic imine (C=N–C) groups is 1. The highest BCUT2D eigenvalue weighted by Gasteiger charge is 2.51. The average Bonchev–Trinajstić information content (AvgIpc) is 3.78. The number of carbonyl (C=O) groups excluding carboxylic acids is 5. The van der Waals surface area contributed by atoms with Crippen LogP contribution in [0.4, 0.5) is 0 Å². The monoisotopic (exact) mass is 767 g/mol. The van der Waals surface area contributed by atoms with Crippen LogP contribution >= 0.6 is 0 Å². The van der Waals surface area contributed by atoms with E-state index in [-0.39, 0.29) is 67.7 Å². The SMILES string of the molecule is CC(C)(O)c1cnnn1[C@H]1C[C@@H](C(=O)N2CCOCCC2(C)C(=O)C(N)=O)N(C(=O)/C(CC2CCCCC2)=N/C(=O)c2ccc(S(=O)(=O)C3CC3)cc2)C1. The molecule has 4 fully saturated rings. The zero-order valence-electron chi connectivity index (χ0n) is 31.0. The van der Waals surface area contributed by atoms with Crippen molar-refractivity contribution in [2.75, 3.05) is 26.3 Å². The minimum atomic E-state index is -3.48. The van der Waals surface area contributed by atoms with Gasteiger partial charge in [-0.3, -0.25) is 24.0 Å². The van der Waals surface area contributed by atoms with Gasteiger partial charge in [-0.15, -0.1) is 5.10 Å². The summed E-state index contributed by atoms with van der Waals surface area (Å²) in [5, 5.41) is 18.7. The number of ketones is 1. The molecule has 4 amide bonds. The largest absolute Gasteiger partial charge is 0.384 e. The van der Waals surface area contributed by atoms with Crippen LogP contribution in [0, 0.1) is 5.92 Å². The Kier molecular flexibility index (Phi) is 11.2. The summed E-state index contributed by atoms with van der Waals surface area (Å²) in [6.07, 6.45) is 7.42. The number of ether oxygens (including phenoxy) is 1. The standard InChI is InChI=1S/C37H49N7O9S/c1-36(2,50)30-21-39-41-44(30)25-20-29(35(49)43-16-18-53-17-15-37(43,3)31(45)32(38)46)42(22-25)34(48)28(19-23-7-5-4-6-8-23)40-33(47)24-9-11-26(12-10-24)54(51,52)27-13-14-27/h9-12,21,23,25,27,29,50H,4-8,13-20,22H2,1-3H3,(H2,38,46)/b40-28+/t25-,29-,37?/m0/s1. The molecule has 3 heterocycles. The lowest BCUT2D eigenvalue weighted by Gasteiger charge is -2.40. The highest BCUT2D eigenvalue weighted by Crippen LogP contribution is 2.36. The van der Waals surface area contributed by atoms with E-state index in [9.17, 15) is 37.5 Å².